The molecule has 1 aromatic carbocycles. The largest absolute Gasteiger partial charge is 0.338 e. The highest BCUT2D eigenvalue weighted by molar-refractivity contribution is 7.93. The number of piperidine rings is 1. The fourth-order valence-electron chi connectivity index (χ4n) is 3.15. The second kappa shape index (κ2) is 7.36. The Hall–Kier alpha value is -1.93. The van der Waals surface area contributed by atoms with Crippen molar-refractivity contribution < 1.29 is 13.2 Å². The predicted molar refractivity (Wildman–Crippen MR) is 103 cm³/mol. The number of sulfonamides is 1. The minimum absolute atomic E-state index is 0.0586. The first kappa shape index (κ1) is 18.8. The van der Waals surface area contributed by atoms with Crippen LogP contribution >= 0.6 is 11.3 Å². The number of nitrogens with one attached hydrogen (secondary N) is 1. The van der Waals surface area contributed by atoms with Crippen molar-refractivity contribution in [1.29, 1.82) is 0 Å². The van der Waals surface area contributed by atoms with E-state index in [9.17, 15) is 13.2 Å². The van der Waals surface area contributed by atoms with Gasteiger partial charge in [0, 0.05) is 13.1 Å². The molecular weight excluding hydrogens is 370 g/mol. The van der Waals surface area contributed by atoms with Gasteiger partial charge in [0.25, 0.3) is 15.9 Å². The Bertz CT molecular complexity index is 929. The Morgan fingerprint density at radius 2 is 1.85 bits per heavy atom. The SMILES string of the molecule is Cc1ccc(S(=O)(=O)Nc2nc(C)c(C(=O)N3CCCCC3)s2)c(C)c1. The monoisotopic (exact) mass is 393 g/mol. The fraction of sp³-hybridized carbons (Fsp3) is 0.444. The predicted octanol–water partition coefficient (Wildman–Crippen LogP) is 3.50. The van der Waals surface area contributed by atoms with Gasteiger partial charge in [-0.3, -0.25) is 9.52 Å². The Kier molecular flexibility index (Phi) is 5.34. The van der Waals surface area contributed by atoms with E-state index in [1.165, 1.54) is 0 Å². The summed E-state index contributed by atoms with van der Waals surface area (Å²) in [6, 6.07) is 5.18. The van der Waals surface area contributed by atoms with Crippen molar-refractivity contribution in [2.24, 2.45) is 0 Å². The molecule has 6 nitrogen and oxygen atoms in total. The third-order valence-electron chi connectivity index (χ3n) is 4.48. The Labute approximate surface area is 158 Å². The number of aromatic nitrogens is 1. The molecule has 1 amide bonds. The minimum atomic E-state index is -3.74. The van der Waals surface area contributed by atoms with Crippen LogP contribution in [-0.4, -0.2) is 37.3 Å². The van der Waals surface area contributed by atoms with Gasteiger partial charge in [-0.05, 0) is 51.7 Å². The number of rotatable bonds is 4. The standard InChI is InChI=1S/C18H23N3O3S2/c1-12-7-8-15(13(2)11-12)26(23,24)20-18-19-14(3)16(25-18)17(22)21-9-5-4-6-10-21/h7-8,11H,4-6,9-10H2,1-3H3,(H,19,20). The molecule has 1 aliphatic rings. The Morgan fingerprint density at radius 1 is 1.15 bits per heavy atom. The van der Waals surface area contributed by atoms with Gasteiger partial charge >= 0.3 is 0 Å². The Morgan fingerprint density at radius 3 is 2.50 bits per heavy atom. The molecule has 0 atom stereocenters. The zero-order valence-electron chi connectivity index (χ0n) is 15.2. The number of hydrogen-bond donors (Lipinski definition) is 1. The maximum Gasteiger partial charge on any atom is 0.265 e. The van der Waals surface area contributed by atoms with Crippen LogP contribution in [0.25, 0.3) is 0 Å². The van der Waals surface area contributed by atoms with E-state index < -0.39 is 10.0 Å². The first-order valence-electron chi connectivity index (χ1n) is 8.65. The smallest absolute Gasteiger partial charge is 0.265 e. The van der Waals surface area contributed by atoms with Crippen LogP contribution in [0.15, 0.2) is 23.1 Å². The van der Waals surface area contributed by atoms with Gasteiger partial charge in [0.1, 0.15) is 4.88 Å². The van der Waals surface area contributed by atoms with Crippen LogP contribution in [0.4, 0.5) is 5.13 Å². The fourth-order valence-corrected chi connectivity index (χ4v) is 5.55. The molecule has 1 fully saturated rings. The molecule has 1 saturated heterocycles. The van der Waals surface area contributed by atoms with Crippen molar-refractivity contribution in [3.8, 4) is 0 Å². The van der Waals surface area contributed by atoms with Crippen molar-refractivity contribution in [3.63, 3.8) is 0 Å². The summed E-state index contributed by atoms with van der Waals surface area (Å²) in [4.78, 5) is 19.5. The van der Waals surface area contributed by atoms with Crippen molar-refractivity contribution in [1.82, 2.24) is 9.88 Å². The average molecular weight is 394 g/mol. The zero-order chi connectivity index (χ0) is 18.9. The summed E-state index contributed by atoms with van der Waals surface area (Å²) in [5, 5.41) is 0.225. The highest BCUT2D eigenvalue weighted by Gasteiger charge is 2.25. The van der Waals surface area contributed by atoms with Crippen LogP contribution in [-0.2, 0) is 10.0 Å². The number of likely N-dealkylation sites (tertiary alicyclic amines) is 1. The van der Waals surface area contributed by atoms with Crippen molar-refractivity contribution in [2.75, 3.05) is 17.8 Å². The number of benzene rings is 1. The quantitative estimate of drug-likeness (QED) is 0.862. The molecule has 0 unspecified atom stereocenters. The number of anilines is 1. The number of aryl methyl sites for hydroxylation is 3. The average Bonchev–Trinajstić information content (AvgIpc) is 2.94. The number of carbonyl (C=O) groups is 1. The van der Waals surface area contributed by atoms with Crippen molar-refractivity contribution >= 4 is 32.4 Å². The molecule has 0 aliphatic carbocycles. The van der Waals surface area contributed by atoms with Gasteiger partial charge < -0.3 is 4.90 Å². The lowest BCUT2D eigenvalue weighted by Crippen LogP contribution is -2.35. The van der Waals surface area contributed by atoms with Gasteiger partial charge in [0.2, 0.25) is 0 Å². The summed E-state index contributed by atoms with van der Waals surface area (Å²) in [6.45, 7) is 6.92. The van der Waals surface area contributed by atoms with Crippen LogP contribution in [0.1, 0.15) is 45.8 Å². The van der Waals surface area contributed by atoms with Gasteiger partial charge in [-0.2, -0.15) is 0 Å². The first-order valence-corrected chi connectivity index (χ1v) is 10.9. The molecular formula is C18H23N3O3S2. The normalized spacial score (nSPS) is 15.1. The summed E-state index contributed by atoms with van der Waals surface area (Å²) >= 11 is 1.10. The summed E-state index contributed by atoms with van der Waals surface area (Å²) in [6.07, 6.45) is 3.16. The molecule has 2 aromatic rings. The molecule has 3 rings (SSSR count). The van der Waals surface area contributed by atoms with Gasteiger partial charge in [0.15, 0.2) is 5.13 Å². The number of amides is 1. The molecule has 0 spiro atoms. The van der Waals surface area contributed by atoms with Crippen LogP contribution in [0, 0.1) is 20.8 Å². The second-order valence-electron chi connectivity index (χ2n) is 6.66. The lowest BCUT2D eigenvalue weighted by molar-refractivity contribution is 0.0728. The topological polar surface area (TPSA) is 79.4 Å². The van der Waals surface area contributed by atoms with Crippen molar-refractivity contribution in [3.05, 3.63) is 39.9 Å². The molecule has 8 heteroatoms. The zero-order valence-corrected chi connectivity index (χ0v) is 16.8. The van der Waals surface area contributed by atoms with Crippen LogP contribution in [0.2, 0.25) is 0 Å². The first-order chi connectivity index (χ1) is 12.3. The maximum atomic E-state index is 12.7. The van der Waals surface area contributed by atoms with E-state index in [-0.39, 0.29) is 15.9 Å². The molecule has 0 radical (unpaired) electrons. The lowest BCUT2D eigenvalue weighted by atomic mass is 10.1. The van der Waals surface area contributed by atoms with E-state index in [4.69, 9.17) is 0 Å². The molecule has 26 heavy (non-hydrogen) atoms. The summed E-state index contributed by atoms with van der Waals surface area (Å²) in [7, 11) is -3.74. The van der Waals surface area contributed by atoms with E-state index >= 15 is 0 Å². The highest BCUT2D eigenvalue weighted by atomic mass is 32.2. The molecule has 1 N–H and O–H groups in total. The second-order valence-corrected chi connectivity index (χ2v) is 9.31. The van der Waals surface area contributed by atoms with Gasteiger partial charge in [-0.25, -0.2) is 13.4 Å². The summed E-state index contributed by atoms with van der Waals surface area (Å²) in [5.74, 6) is -0.0586. The van der Waals surface area contributed by atoms with E-state index in [2.05, 4.69) is 9.71 Å². The summed E-state index contributed by atoms with van der Waals surface area (Å²) < 4.78 is 27.9. The van der Waals surface area contributed by atoms with Gasteiger partial charge in [-0.15, -0.1) is 0 Å². The molecule has 1 aliphatic heterocycles. The number of thiazole rings is 1. The highest BCUT2D eigenvalue weighted by Crippen LogP contribution is 2.28. The van der Waals surface area contributed by atoms with Crippen LogP contribution in [0.5, 0.6) is 0 Å². The molecule has 140 valence electrons. The van der Waals surface area contributed by atoms with Crippen molar-refractivity contribution in [2.45, 2.75) is 44.9 Å². The van der Waals surface area contributed by atoms with Gasteiger partial charge in [0.05, 0.1) is 10.6 Å². The number of nitrogens with zero attached hydrogens (tertiary/aromatic N) is 2. The van der Waals surface area contributed by atoms with E-state index in [1.807, 2.05) is 17.9 Å². The van der Waals surface area contributed by atoms with Crippen LogP contribution < -0.4 is 4.72 Å². The van der Waals surface area contributed by atoms with Gasteiger partial charge in [-0.1, -0.05) is 29.0 Å². The molecule has 2 heterocycles. The third kappa shape index (κ3) is 3.91. The number of hydrogen-bond acceptors (Lipinski definition) is 5. The van der Waals surface area contributed by atoms with E-state index in [1.54, 1.807) is 26.0 Å². The third-order valence-corrected chi connectivity index (χ3v) is 7.16. The summed E-state index contributed by atoms with van der Waals surface area (Å²) in [5.41, 5.74) is 2.24. The number of carbonyl (C=O) groups excluding carboxylic acids is 1. The lowest BCUT2D eigenvalue weighted by Gasteiger charge is -2.26. The maximum absolute atomic E-state index is 12.7. The molecule has 1 aromatic heterocycles. The minimum Gasteiger partial charge on any atom is -0.338 e. The van der Waals surface area contributed by atoms with E-state index in [0.29, 0.717) is 16.1 Å². The van der Waals surface area contributed by atoms with E-state index in [0.717, 1.165) is 49.3 Å². The molecule has 0 saturated carbocycles. The Balaban J connectivity index is 1.83. The molecule has 0 bridgehead atoms. The van der Waals surface area contributed by atoms with Crippen LogP contribution in [0.3, 0.4) is 0 Å².